The summed E-state index contributed by atoms with van der Waals surface area (Å²) in [5.41, 5.74) is 5.79. The highest BCUT2D eigenvalue weighted by atomic mass is 16.3. The molecule has 1 fully saturated rings. The third-order valence-electron chi connectivity index (χ3n) is 3.45. The average Bonchev–Trinajstić information content (AvgIpc) is 2.45. The van der Waals surface area contributed by atoms with Crippen LogP contribution in [0.4, 0.5) is 0 Å². The monoisotopic (exact) mass is 273 g/mol. The summed E-state index contributed by atoms with van der Waals surface area (Å²) in [6, 6.07) is 3.44. The number of likely N-dealkylation sites (tertiary alicyclic amines) is 1. The third-order valence-corrected chi connectivity index (χ3v) is 3.45. The highest BCUT2D eigenvalue weighted by Crippen LogP contribution is 2.22. The first-order valence-electron chi connectivity index (χ1n) is 6.68. The van der Waals surface area contributed by atoms with Crippen LogP contribution in [0.5, 0.6) is 0 Å². The number of aliphatic hydroxyl groups is 1. The molecule has 0 spiro atoms. The lowest BCUT2D eigenvalue weighted by atomic mass is 9.94. The molecule has 0 atom stereocenters. The molecule has 0 unspecified atom stereocenters. The molecular weight excluding hydrogens is 254 g/mol. The Morgan fingerprint density at radius 3 is 2.75 bits per heavy atom. The summed E-state index contributed by atoms with van der Waals surface area (Å²) in [7, 11) is 0. The van der Waals surface area contributed by atoms with Crippen LogP contribution in [0.3, 0.4) is 0 Å². The quantitative estimate of drug-likeness (QED) is 0.725. The number of nitrogens with two attached hydrogens (primary N) is 1. The van der Waals surface area contributed by atoms with Gasteiger partial charge in [-0.3, -0.25) is 4.79 Å². The molecule has 1 aliphatic heterocycles. The maximum Gasteiger partial charge on any atom is 0.272 e. The number of piperidine rings is 1. The van der Waals surface area contributed by atoms with Crippen molar-refractivity contribution in [3.05, 3.63) is 29.6 Å². The molecule has 3 N–H and O–H groups in total. The summed E-state index contributed by atoms with van der Waals surface area (Å²) in [5, 5.41) is 9.88. The third kappa shape index (κ3) is 3.56. The van der Waals surface area contributed by atoms with Gasteiger partial charge in [0.2, 0.25) is 0 Å². The fraction of sp³-hybridized carbons (Fsp3) is 0.467. The highest BCUT2D eigenvalue weighted by molar-refractivity contribution is 5.92. The lowest BCUT2D eigenvalue weighted by Crippen LogP contribution is -2.45. The van der Waals surface area contributed by atoms with Crippen LogP contribution < -0.4 is 5.73 Å². The van der Waals surface area contributed by atoms with Crippen LogP contribution in [0.1, 0.15) is 35.8 Å². The van der Waals surface area contributed by atoms with Crippen molar-refractivity contribution < 1.29 is 9.90 Å². The predicted octanol–water partition coefficient (Wildman–Crippen LogP) is 0.379. The van der Waals surface area contributed by atoms with E-state index < -0.39 is 5.60 Å². The van der Waals surface area contributed by atoms with Crippen molar-refractivity contribution in [2.75, 3.05) is 19.6 Å². The molecule has 0 bridgehead atoms. The summed E-state index contributed by atoms with van der Waals surface area (Å²) >= 11 is 0. The molecule has 106 valence electrons. The molecule has 1 aromatic rings. The standard InChI is InChI=1S/C15H19N3O2/c1-15(20)6-9-18(10-7-15)14(19)13-5-4-12(11-17-13)3-2-8-16/h4-5,11,20H,6-10,16H2,1H3. The lowest BCUT2D eigenvalue weighted by molar-refractivity contribution is -0.00219. The maximum atomic E-state index is 12.3. The first kappa shape index (κ1) is 14.5. The zero-order valence-corrected chi connectivity index (χ0v) is 11.6. The zero-order valence-electron chi connectivity index (χ0n) is 11.6. The summed E-state index contributed by atoms with van der Waals surface area (Å²) in [5.74, 6) is 5.51. The van der Waals surface area contributed by atoms with E-state index in [1.807, 2.05) is 0 Å². The Morgan fingerprint density at radius 1 is 1.50 bits per heavy atom. The molecule has 0 radical (unpaired) electrons. The van der Waals surface area contributed by atoms with Gasteiger partial charge in [-0.25, -0.2) is 4.98 Å². The largest absolute Gasteiger partial charge is 0.390 e. The predicted molar refractivity (Wildman–Crippen MR) is 75.9 cm³/mol. The molecule has 1 saturated heterocycles. The number of nitrogens with zero attached hydrogens (tertiary/aromatic N) is 2. The van der Waals surface area contributed by atoms with Gasteiger partial charge in [-0.05, 0) is 31.9 Å². The molecule has 1 aromatic heterocycles. The molecule has 0 aliphatic carbocycles. The second-order valence-corrected chi connectivity index (χ2v) is 5.23. The molecular formula is C15H19N3O2. The molecule has 20 heavy (non-hydrogen) atoms. The van der Waals surface area contributed by atoms with E-state index in [9.17, 15) is 9.90 Å². The van der Waals surface area contributed by atoms with E-state index in [2.05, 4.69) is 16.8 Å². The molecule has 2 rings (SSSR count). The van der Waals surface area contributed by atoms with E-state index in [-0.39, 0.29) is 5.91 Å². The lowest BCUT2D eigenvalue weighted by Gasteiger charge is -2.35. The van der Waals surface area contributed by atoms with Crippen molar-refractivity contribution in [2.45, 2.75) is 25.4 Å². The van der Waals surface area contributed by atoms with Crippen molar-refractivity contribution in [1.29, 1.82) is 0 Å². The van der Waals surface area contributed by atoms with Gasteiger partial charge in [0, 0.05) is 24.8 Å². The minimum absolute atomic E-state index is 0.0983. The summed E-state index contributed by atoms with van der Waals surface area (Å²) in [6.45, 7) is 3.22. The summed E-state index contributed by atoms with van der Waals surface area (Å²) < 4.78 is 0. The topological polar surface area (TPSA) is 79.5 Å². The number of hydrogen-bond donors (Lipinski definition) is 2. The Bertz CT molecular complexity index is 530. The Kier molecular flexibility index (Phi) is 4.38. The van der Waals surface area contributed by atoms with Gasteiger partial charge in [0.15, 0.2) is 0 Å². The number of rotatable bonds is 1. The van der Waals surface area contributed by atoms with E-state index in [0.717, 1.165) is 5.56 Å². The van der Waals surface area contributed by atoms with Crippen molar-refractivity contribution in [1.82, 2.24) is 9.88 Å². The van der Waals surface area contributed by atoms with E-state index in [4.69, 9.17) is 5.73 Å². The Labute approximate surface area is 118 Å². The van der Waals surface area contributed by atoms with Crippen molar-refractivity contribution in [2.24, 2.45) is 5.73 Å². The van der Waals surface area contributed by atoms with Crippen molar-refractivity contribution >= 4 is 5.91 Å². The number of pyridine rings is 1. The smallest absolute Gasteiger partial charge is 0.272 e. The van der Waals surface area contributed by atoms with Crippen LogP contribution >= 0.6 is 0 Å². The van der Waals surface area contributed by atoms with Gasteiger partial charge in [-0.15, -0.1) is 0 Å². The number of carbonyl (C=O) groups is 1. The van der Waals surface area contributed by atoms with Crippen LogP contribution in [0.2, 0.25) is 0 Å². The first-order valence-corrected chi connectivity index (χ1v) is 6.68. The molecule has 5 nitrogen and oxygen atoms in total. The number of hydrogen-bond acceptors (Lipinski definition) is 4. The second kappa shape index (κ2) is 6.04. The average molecular weight is 273 g/mol. The molecule has 2 heterocycles. The van der Waals surface area contributed by atoms with Crippen LogP contribution in [0, 0.1) is 11.8 Å². The van der Waals surface area contributed by atoms with Gasteiger partial charge in [0.1, 0.15) is 5.69 Å². The van der Waals surface area contributed by atoms with Gasteiger partial charge in [-0.1, -0.05) is 11.8 Å². The Hall–Kier alpha value is -1.90. The van der Waals surface area contributed by atoms with E-state index >= 15 is 0 Å². The SMILES string of the molecule is CC1(O)CCN(C(=O)c2ccc(C#CCN)cn2)CC1. The van der Waals surface area contributed by atoms with E-state index in [1.165, 1.54) is 0 Å². The molecule has 1 amide bonds. The minimum atomic E-state index is -0.661. The van der Waals surface area contributed by atoms with E-state index in [0.29, 0.717) is 38.2 Å². The van der Waals surface area contributed by atoms with Crippen molar-refractivity contribution in [3.8, 4) is 11.8 Å². The number of amides is 1. The Balaban J connectivity index is 2.03. The second-order valence-electron chi connectivity index (χ2n) is 5.23. The molecule has 0 saturated carbocycles. The fourth-order valence-electron chi connectivity index (χ4n) is 2.10. The first-order chi connectivity index (χ1) is 9.52. The van der Waals surface area contributed by atoms with Gasteiger partial charge < -0.3 is 15.7 Å². The molecule has 5 heteroatoms. The maximum absolute atomic E-state index is 12.3. The number of aromatic nitrogens is 1. The van der Waals surface area contributed by atoms with Gasteiger partial charge in [0.25, 0.3) is 5.91 Å². The summed E-state index contributed by atoms with van der Waals surface area (Å²) in [4.78, 5) is 18.1. The molecule has 1 aliphatic rings. The zero-order chi connectivity index (χ0) is 14.6. The van der Waals surface area contributed by atoms with E-state index in [1.54, 1.807) is 30.2 Å². The van der Waals surface area contributed by atoms with Crippen molar-refractivity contribution in [3.63, 3.8) is 0 Å². The van der Waals surface area contributed by atoms with Crippen LogP contribution in [-0.4, -0.2) is 46.1 Å². The molecule has 0 aromatic carbocycles. The van der Waals surface area contributed by atoms with Crippen LogP contribution in [0.25, 0.3) is 0 Å². The van der Waals surface area contributed by atoms with Gasteiger partial charge >= 0.3 is 0 Å². The normalized spacial score (nSPS) is 17.2. The minimum Gasteiger partial charge on any atom is -0.390 e. The van der Waals surface area contributed by atoms with Gasteiger partial charge in [0.05, 0.1) is 12.1 Å². The van der Waals surface area contributed by atoms with Crippen LogP contribution in [0.15, 0.2) is 18.3 Å². The Morgan fingerprint density at radius 2 is 2.20 bits per heavy atom. The summed E-state index contributed by atoms with van der Waals surface area (Å²) in [6.07, 6.45) is 2.77. The van der Waals surface area contributed by atoms with Crippen LogP contribution in [-0.2, 0) is 0 Å². The fourth-order valence-corrected chi connectivity index (χ4v) is 2.10. The van der Waals surface area contributed by atoms with Gasteiger partial charge in [-0.2, -0.15) is 0 Å². The highest BCUT2D eigenvalue weighted by Gasteiger charge is 2.30. The number of carbonyl (C=O) groups excluding carboxylic acids is 1.